The van der Waals surface area contributed by atoms with Crippen molar-refractivity contribution in [1.29, 1.82) is 0 Å². The summed E-state index contributed by atoms with van der Waals surface area (Å²) in [5.74, 6) is -1.24. The predicted molar refractivity (Wildman–Crippen MR) is 563 cm³/mol. The number of nitrogens with two attached hydrogens (primary N) is 2. The molecule has 4 atom stereocenters. The number of ether oxygens (including phenoxy) is 1. The molecule has 8 aliphatic rings. The molecule has 8 N–H and O–H groups in total. The number of hydrogen-bond donors (Lipinski definition) is 6. The van der Waals surface area contributed by atoms with E-state index in [1.807, 2.05) is 131 Å². The van der Waals surface area contributed by atoms with Crippen molar-refractivity contribution >= 4 is 149 Å². The van der Waals surface area contributed by atoms with Crippen LogP contribution in [0.1, 0.15) is 142 Å². The highest BCUT2D eigenvalue weighted by atomic mass is 35.5. The molecule has 8 amide bonds. The van der Waals surface area contributed by atoms with E-state index in [1.54, 1.807) is 98.7 Å². The molecule has 4 aliphatic carbocycles. The molecule has 4 saturated heterocycles. The first-order valence-corrected chi connectivity index (χ1v) is 50.6. The van der Waals surface area contributed by atoms with Gasteiger partial charge in [-0.25, -0.2) is 57.1 Å². The molecular formula is C109H112Cl4F4N20O11. The molecule has 4 aromatic heterocycles. The van der Waals surface area contributed by atoms with E-state index >= 15 is 17.6 Å². The lowest BCUT2D eigenvalue weighted by atomic mass is 9.82. The van der Waals surface area contributed by atoms with Crippen molar-refractivity contribution in [3.05, 3.63) is 309 Å². The maximum Gasteiger partial charge on any atom is 0.319 e. The van der Waals surface area contributed by atoms with Gasteiger partial charge in [0.2, 0.25) is 23.6 Å². The van der Waals surface area contributed by atoms with Crippen LogP contribution in [0.3, 0.4) is 0 Å². The second kappa shape index (κ2) is 45.8. The fraction of sp³-hybridized carbons (Fsp3) is 0.339. The number of rotatable bonds is 19. The number of carbonyl (C=O) groups excluding carboxylic acids is 6. The van der Waals surface area contributed by atoms with Gasteiger partial charge in [-0.05, 0) is 119 Å². The van der Waals surface area contributed by atoms with Gasteiger partial charge < -0.3 is 85.6 Å². The second-order valence-corrected chi connectivity index (χ2v) is 39.4. The monoisotopic (exact) mass is 2090 g/mol. The van der Waals surface area contributed by atoms with Gasteiger partial charge in [0.15, 0.2) is 23.3 Å². The van der Waals surface area contributed by atoms with Crippen LogP contribution in [0.25, 0.3) is 43.6 Å². The zero-order valence-electron chi connectivity index (χ0n) is 82.4. The van der Waals surface area contributed by atoms with Gasteiger partial charge in [-0.1, -0.05) is 156 Å². The quantitative estimate of drug-likeness (QED) is 0.0323. The van der Waals surface area contributed by atoms with Crippen LogP contribution in [0.4, 0.5) is 50.4 Å². The number of aliphatic hydroxyl groups is 4. The number of allylic oxidation sites excluding steroid dienone is 9. The molecule has 0 bridgehead atoms. The number of aryl methyl sites for hydroxylation is 1. The number of aromatic nitrogens is 8. The first kappa shape index (κ1) is 105. The van der Waals surface area contributed by atoms with Crippen LogP contribution in [0.5, 0.6) is 6.01 Å². The third kappa shape index (κ3) is 22.4. The lowest BCUT2D eigenvalue weighted by Gasteiger charge is -2.36. The Hall–Kier alpha value is -14.7. The average Bonchev–Trinajstić information content (AvgIpc) is 0.745. The van der Waals surface area contributed by atoms with Crippen LogP contribution in [0.15, 0.2) is 193 Å². The first-order chi connectivity index (χ1) is 71.2. The van der Waals surface area contributed by atoms with E-state index in [0.29, 0.717) is 218 Å². The highest BCUT2D eigenvalue weighted by molar-refractivity contribution is 6.34. The Morgan fingerprint density at radius 2 is 0.736 bits per heavy atom. The van der Waals surface area contributed by atoms with Gasteiger partial charge in [-0.3, -0.25) is 19.2 Å². The van der Waals surface area contributed by atoms with Crippen molar-refractivity contribution in [2.24, 2.45) is 11.5 Å². The normalized spacial score (nSPS) is 17.5. The molecule has 31 nitrogen and oxygen atoms in total. The maximum atomic E-state index is 16.6. The molecule has 4 fully saturated rings. The van der Waals surface area contributed by atoms with Gasteiger partial charge in [-0.2, -0.15) is 9.97 Å². The molecule has 12 aromatic rings. The van der Waals surface area contributed by atoms with Crippen LogP contribution >= 0.6 is 46.4 Å². The summed E-state index contributed by atoms with van der Waals surface area (Å²) >= 11 is 26.9. The number of nitrogens with zero attached hydrogens (tertiary/aromatic N) is 18. The fourth-order valence-corrected chi connectivity index (χ4v) is 21.6. The Morgan fingerprint density at radius 1 is 0.412 bits per heavy atom. The number of anilines is 4. The third-order valence-electron chi connectivity index (χ3n) is 27.9. The molecule has 0 saturated carbocycles. The number of aliphatic hydroxyl groups excluding tert-OH is 4. The molecule has 0 spiro atoms. The van der Waals surface area contributed by atoms with Gasteiger partial charge in [-0.15, -0.1) is 0 Å². The summed E-state index contributed by atoms with van der Waals surface area (Å²) in [7, 11) is 6.70. The van der Waals surface area contributed by atoms with E-state index in [-0.39, 0.29) is 119 Å². The van der Waals surface area contributed by atoms with E-state index in [9.17, 15) is 49.2 Å². The smallest absolute Gasteiger partial charge is 0.319 e. The van der Waals surface area contributed by atoms with Crippen LogP contribution in [0, 0.1) is 23.3 Å². The number of urea groups is 2. The van der Waals surface area contributed by atoms with Gasteiger partial charge in [0.05, 0.1) is 29.5 Å². The summed E-state index contributed by atoms with van der Waals surface area (Å²) in [6.45, 7) is 11.7. The van der Waals surface area contributed by atoms with Gasteiger partial charge in [0, 0.05) is 265 Å². The number of benzene rings is 8. The standard InChI is InChI=1S/C29H32ClFN6O3.C28H30ClFN6O4.C26H26ClFN4O2.C26H24ClFN4O2/c1-35(2)24(39)9-5-8-23-33-27-21(28(34-23)36-10-12-37(13-11-36)29(32)40)16-22(30)25(26(27)31)20-15-18(38)14-17-6-3-4-7-19(17)20;1-34(2)22(38)7-12-40-28-32-25-20(26(33-28)35-8-10-36(11-9-35)27(31)39)15-21(29)23(24(25)30)19-14-17(37)13-16-5-3-4-6-18(16)19;2*1-2-5-22(34)31-8-10-32(11-9-31)26-20-14-21(27)23(24(28)25(20)29-15-30-26)19-13-17(33)12-16-6-3-4-7-18(16)19/h3-4,6-7,15-16,20,38H,5,8-14H2,1-2H3,(H2,32,40);3-6,14-15,19,37H,7-13H2,1-2H3,(H2,31,39);3-4,6-7,13-15,19,33H,2,5,8-12H2,1H3;2-7,13-15,19,33H,8-12H2,1H3/b;;;5-2+. The van der Waals surface area contributed by atoms with E-state index in [4.69, 9.17) is 67.6 Å². The highest BCUT2D eigenvalue weighted by Gasteiger charge is 2.38. The molecule has 39 heteroatoms. The Kier molecular flexibility index (Phi) is 32.4. The van der Waals surface area contributed by atoms with E-state index < -0.39 is 59.0 Å². The molecule has 770 valence electrons. The van der Waals surface area contributed by atoms with Crippen molar-refractivity contribution in [1.82, 2.24) is 69.3 Å². The van der Waals surface area contributed by atoms with Crippen LogP contribution in [-0.4, -0.2) is 265 Å². The maximum absolute atomic E-state index is 16.6. The van der Waals surface area contributed by atoms with E-state index in [1.165, 1.54) is 27.4 Å². The minimum Gasteiger partial charge on any atom is -0.512 e. The van der Waals surface area contributed by atoms with E-state index in [0.717, 1.165) is 50.9 Å². The minimum absolute atomic E-state index is 0.00604. The summed E-state index contributed by atoms with van der Waals surface area (Å²) < 4.78 is 70.7. The number of piperazine rings is 4. The van der Waals surface area contributed by atoms with E-state index in [2.05, 4.69) is 39.8 Å². The Morgan fingerprint density at radius 3 is 1.09 bits per heavy atom. The number of amides is 8. The molecule has 148 heavy (non-hydrogen) atoms. The van der Waals surface area contributed by atoms with Crippen LogP contribution in [0.2, 0.25) is 20.1 Å². The summed E-state index contributed by atoms with van der Waals surface area (Å²) in [6, 6.07) is 36.1. The topological polar surface area (TPSA) is 380 Å². The minimum atomic E-state index is -0.651. The zero-order valence-corrected chi connectivity index (χ0v) is 85.5. The van der Waals surface area contributed by atoms with Crippen molar-refractivity contribution in [2.75, 3.05) is 159 Å². The lowest BCUT2D eigenvalue weighted by Crippen LogP contribution is -2.50. The summed E-state index contributed by atoms with van der Waals surface area (Å²) in [5, 5.41) is 44.4. The Bertz CT molecular complexity index is 7110. The van der Waals surface area contributed by atoms with Gasteiger partial charge >= 0.3 is 18.1 Å². The third-order valence-corrected chi connectivity index (χ3v) is 29.2. The molecular weight excluding hydrogens is 1980 g/mol. The van der Waals surface area contributed by atoms with Crippen molar-refractivity contribution < 1.29 is 71.5 Å². The number of primary amides is 2. The van der Waals surface area contributed by atoms with Crippen molar-refractivity contribution in [3.63, 3.8) is 0 Å². The van der Waals surface area contributed by atoms with Crippen LogP contribution in [-0.2, 0) is 51.3 Å². The van der Waals surface area contributed by atoms with Crippen LogP contribution < -0.4 is 35.8 Å². The second-order valence-electron chi connectivity index (χ2n) is 37.7. The molecule has 8 aromatic carbocycles. The summed E-state index contributed by atoms with van der Waals surface area (Å²) in [5.41, 5.74) is 19.7. The first-order valence-electron chi connectivity index (χ1n) is 49.1. The van der Waals surface area contributed by atoms with Crippen molar-refractivity contribution in [2.45, 2.75) is 102 Å². The lowest BCUT2D eigenvalue weighted by molar-refractivity contribution is -0.131. The predicted octanol–water partition coefficient (Wildman–Crippen LogP) is 17.6. The SMILES string of the molecule is C/C=C/C(=O)N1CCN(c2ncnc3c(F)c(C4C=C(O)Cc5ccccc54)c(Cl)cc23)CC1.CCCC(=O)N1CCN(c2ncnc3c(F)c(C4C=C(O)Cc5ccccc54)c(Cl)cc23)CC1.CN(C)C(=O)CCCc1nc(N2CCN(C(N)=O)CC2)c2cc(Cl)c(C3C=C(O)Cc4ccccc43)c(F)c2n1.CN(C)C(=O)CCOc1nc(N2CCN(C(N)=O)CC2)c2cc(Cl)c(C3C=C(O)Cc4ccccc43)c(F)c2n1. The van der Waals surface area contributed by atoms with Gasteiger partial charge in [0.25, 0.3) is 0 Å². The number of halogens is 8. The zero-order chi connectivity index (χ0) is 105. The molecule has 0 radical (unpaired) electrons. The molecule has 8 heterocycles. The molecule has 4 unspecified atom stereocenters. The number of fused-ring (bicyclic) bond motifs is 8. The molecule has 4 aliphatic heterocycles. The highest BCUT2D eigenvalue weighted by Crippen LogP contribution is 2.49. The Labute approximate surface area is 872 Å². The molecule has 20 rings (SSSR count). The largest absolute Gasteiger partial charge is 0.512 e. The summed E-state index contributed by atoms with van der Waals surface area (Å²) in [6.07, 6.45) is 16.8. The van der Waals surface area contributed by atoms with Gasteiger partial charge in [0.1, 0.15) is 70.4 Å². The fourth-order valence-electron chi connectivity index (χ4n) is 20.4. The van der Waals surface area contributed by atoms with Crippen molar-refractivity contribution in [3.8, 4) is 6.01 Å². The number of carbonyl (C=O) groups is 6. The number of hydrogen-bond acceptors (Lipinski definition) is 23. The average molecular weight is 2100 g/mol. The Balaban J connectivity index is 0.000000135. The summed E-state index contributed by atoms with van der Waals surface area (Å²) in [4.78, 5) is 125.